The molecule has 0 aliphatic carbocycles. The summed E-state index contributed by atoms with van der Waals surface area (Å²) in [4.78, 5) is 40.6. The van der Waals surface area contributed by atoms with Gasteiger partial charge in [-0.3, -0.25) is 19.4 Å². The van der Waals surface area contributed by atoms with Crippen molar-refractivity contribution in [3.05, 3.63) is 65.2 Å². The molecule has 164 valence electrons. The maximum atomic E-state index is 13.9. The lowest BCUT2D eigenvalue weighted by Crippen LogP contribution is -2.47. The van der Waals surface area contributed by atoms with Gasteiger partial charge < -0.3 is 9.47 Å². The zero-order chi connectivity index (χ0) is 22.8. The molecule has 2 aromatic rings. The van der Waals surface area contributed by atoms with Crippen LogP contribution in [0.2, 0.25) is 0 Å². The first-order chi connectivity index (χ1) is 14.7. The molecular weight excluding hydrogens is 410 g/mol. The number of esters is 1. The number of benzene rings is 2. The fourth-order valence-corrected chi connectivity index (χ4v) is 3.53. The van der Waals surface area contributed by atoms with Gasteiger partial charge in [0.15, 0.2) is 0 Å². The highest BCUT2D eigenvalue weighted by Crippen LogP contribution is 2.38. The van der Waals surface area contributed by atoms with Crippen LogP contribution in [0.25, 0.3) is 0 Å². The van der Waals surface area contributed by atoms with Gasteiger partial charge in [0.05, 0.1) is 20.3 Å². The number of hydrogen-bond acceptors (Lipinski definition) is 5. The zero-order valence-corrected chi connectivity index (χ0v) is 17.4. The minimum absolute atomic E-state index is 0.0788. The first kappa shape index (κ1) is 22.2. The number of carbonyl (C=O) groups excluding carboxylic acids is 3. The Morgan fingerprint density at radius 1 is 1.06 bits per heavy atom. The van der Waals surface area contributed by atoms with Crippen molar-refractivity contribution >= 4 is 17.9 Å². The topological polar surface area (TPSA) is 76.2 Å². The first-order valence-corrected chi connectivity index (χ1v) is 9.59. The van der Waals surface area contributed by atoms with Crippen molar-refractivity contribution < 1.29 is 32.6 Å². The van der Waals surface area contributed by atoms with Gasteiger partial charge in [0, 0.05) is 6.07 Å². The summed E-state index contributed by atoms with van der Waals surface area (Å²) in [6.07, 6.45) is 0. The van der Waals surface area contributed by atoms with Crippen molar-refractivity contribution in [1.82, 2.24) is 9.80 Å². The molecule has 2 aromatic carbocycles. The lowest BCUT2D eigenvalue weighted by atomic mass is 9.90. The van der Waals surface area contributed by atoms with Crippen LogP contribution in [-0.4, -0.2) is 48.0 Å². The monoisotopic (exact) mass is 432 g/mol. The number of halogens is 2. The van der Waals surface area contributed by atoms with Gasteiger partial charge in [-0.05, 0) is 49.2 Å². The van der Waals surface area contributed by atoms with E-state index in [0.29, 0.717) is 17.4 Å². The van der Waals surface area contributed by atoms with Crippen LogP contribution in [0.1, 0.15) is 25.0 Å². The fourth-order valence-electron chi connectivity index (χ4n) is 3.53. The second-order valence-corrected chi connectivity index (χ2v) is 7.14. The number of imide groups is 1. The summed E-state index contributed by atoms with van der Waals surface area (Å²) in [7, 11) is 1.51. The molecular formula is C22H22F2N2O5. The van der Waals surface area contributed by atoms with Crippen LogP contribution < -0.4 is 4.74 Å². The Morgan fingerprint density at radius 2 is 1.68 bits per heavy atom. The minimum atomic E-state index is -1.79. The average Bonchev–Trinajstić information content (AvgIpc) is 2.90. The molecule has 3 rings (SSSR count). The van der Waals surface area contributed by atoms with Gasteiger partial charge in [-0.15, -0.1) is 0 Å². The molecule has 9 heteroatoms. The molecule has 0 saturated carbocycles. The maximum Gasteiger partial charge on any atom is 0.328 e. The highest BCUT2D eigenvalue weighted by Gasteiger charge is 2.56. The third-order valence-corrected chi connectivity index (χ3v) is 5.18. The Morgan fingerprint density at radius 3 is 2.23 bits per heavy atom. The van der Waals surface area contributed by atoms with Gasteiger partial charge in [-0.25, -0.2) is 13.6 Å². The molecule has 0 radical (unpaired) electrons. The van der Waals surface area contributed by atoms with E-state index in [1.807, 2.05) is 0 Å². The number of rotatable bonds is 7. The fraction of sp³-hybridized carbons (Fsp3) is 0.318. The summed E-state index contributed by atoms with van der Waals surface area (Å²) in [5.74, 6) is -2.64. The van der Waals surface area contributed by atoms with E-state index in [1.54, 1.807) is 31.2 Å². The van der Waals surface area contributed by atoms with Crippen molar-refractivity contribution in [3.8, 4) is 5.75 Å². The Kier molecular flexibility index (Phi) is 6.24. The van der Waals surface area contributed by atoms with Crippen LogP contribution in [0.5, 0.6) is 5.75 Å². The smallest absolute Gasteiger partial charge is 0.328 e. The quantitative estimate of drug-likeness (QED) is 0.496. The normalized spacial score (nSPS) is 18.5. The van der Waals surface area contributed by atoms with Crippen LogP contribution in [-0.2, 0) is 26.4 Å². The predicted molar refractivity (Wildman–Crippen MR) is 106 cm³/mol. The van der Waals surface area contributed by atoms with Gasteiger partial charge in [-0.2, -0.15) is 0 Å². The second-order valence-electron chi connectivity index (χ2n) is 7.14. The molecule has 1 aliphatic rings. The Balaban J connectivity index is 2.02. The van der Waals surface area contributed by atoms with Gasteiger partial charge in [-0.1, -0.05) is 12.1 Å². The van der Waals surface area contributed by atoms with Crippen molar-refractivity contribution in [2.45, 2.75) is 25.9 Å². The zero-order valence-electron chi connectivity index (χ0n) is 17.4. The number of urea groups is 1. The highest BCUT2D eigenvalue weighted by molar-refractivity contribution is 6.08. The standard InChI is InChI=1S/C22H22F2N2O5/c1-4-31-19(27)13-26-21(29)25(12-14-5-7-18(30-3)8-6-14)20(28)22(26,2)15-9-16(23)11-17(24)10-15/h5-11H,4,12-13H2,1-3H3. The number of nitrogens with zero attached hydrogens (tertiary/aromatic N) is 2. The molecule has 1 saturated heterocycles. The summed E-state index contributed by atoms with van der Waals surface area (Å²) < 4.78 is 37.9. The molecule has 1 heterocycles. The molecule has 1 unspecified atom stereocenters. The van der Waals surface area contributed by atoms with E-state index in [9.17, 15) is 23.2 Å². The van der Waals surface area contributed by atoms with E-state index in [-0.39, 0.29) is 18.7 Å². The van der Waals surface area contributed by atoms with Gasteiger partial charge in [0.1, 0.15) is 29.5 Å². The van der Waals surface area contributed by atoms with Crippen LogP contribution in [0.15, 0.2) is 42.5 Å². The van der Waals surface area contributed by atoms with Crippen molar-refractivity contribution in [3.63, 3.8) is 0 Å². The summed E-state index contributed by atoms with van der Waals surface area (Å²) in [5.41, 5.74) is -1.24. The van der Waals surface area contributed by atoms with Gasteiger partial charge in [0.2, 0.25) is 0 Å². The third kappa shape index (κ3) is 4.21. The third-order valence-electron chi connectivity index (χ3n) is 5.18. The molecule has 0 spiro atoms. The van der Waals surface area contributed by atoms with Gasteiger partial charge in [0.25, 0.3) is 5.91 Å². The average molecular weight is 432 g/mol. The SMILES string of the molecule is CCOC(=O)CN1C(=O)N(Cc2ccc(OC)cc2)C(=O)C1(C)c1cc(F)cc(F)c1. The summed E-state index contributed by atoms with van der Waals surface area (Å²) in [6.45, 7) is 2.40. The lowest BCUT2D eigenvalue weighted by molar-refractivity contribution is -0.145. The van der Waals surface area contributed by atoms with Crippen LogP contribution >= 0.6 is 0 Å². The molecule has 3 amide bonds. The summed E-state index contributed by atoms with van der Waals surface area (Å²) in [6, 6.07) is 8.58. The van der Waals surface area contributed by atoms with E-state index in [0.717, 1.165) is 21.9 Å². The van der Waals surface area contributed by atoms with Crippen molar-refractivity contribution in [2.24, 2.45) is 0 Å². The van der Waals surface area contributed by atoms with Crippen LogP contribution in [0.3, 0.4) is 0 Å². The number of amides is 3. The highest BCUT2D eigenvalue weighted by atomic mass is 19.1. The Bertz CT molecular complexity index is 991. The van der Waals surface area contributed by atoms with E-state index in [1.165, 1.54) is 14.0 Å². The van der Waals surface area contributed by atoms with Crippen LogP contribution in [0, 0.1) is 11.6 Å². The first-order valence-electron chi connectivity index (χ1n) is 9.59. The number of carbonyl (C=O) groups is 3. The predicted octanol–water partition coefficient (Wildman–Crippen LogP) is 3.22. The molecule has 0 N–H and O–H groups in total. The molecule has 1 aliphatic heterocycles. The second kappa shape index (κ2) is 8.71. The molecule has 1 fully saturated rings. The molecule has 7 nitrogen and oxygen atoms in total. The van der Waals surface area contributed by atoms with Gasteiger partial charge >= 0.3 is 12.0 Å². The van der Waals surface area contributed by atoms with Crippen molar-refractivity contribution in [1.29, 1.82) is 0 Å². The number of methoxy groups -OCH3 is 1. The van der Waals surface area contributed by atoms with E-state index in [4.69, 9.17) is 9.47 Å². The minimum Gasteiger partial charge on any atom is -0.497 e. The van der Waals surface area contributed by atoms with Crippen LogP contribution in [0.4, 0.5) is 13.6 Å². The molecule has 31 heavy (non-hydrogen) atoms. The van der Waals surface area contributed by atoms with E-state index >= 15 is 0 Å². The number of ether oxygens (including phenoxy) is 2. The summed E-state index contributed by atoms with van der Waals surface area (Å²) in [5, 5.41) is 0. The molecule has 0 aromatic heterocycles. The number of hydrogen-bond donors (Lipinski definition) is 0. The van der Waals surface area contributed by atoms with E-state index in [2.05, 4.69) is 0 Å². The maximum absolute atomic E-state index is 13.9. The van der Waals surface area contributed by atoms with Crippen molar-refractivity contribution in [2.75, 3.05) is 20.3 Å². The lowest BCUT2D eigenvalue weighted by Gasteiger charge is -2.31. The molecule has 1 atom stereocenters. The molecule has 0 bridgehead atoms. The largest absolute Gasteiger partial charge is 0.497 e. The van der Waals surface area contributed by atoms with E-state index < -0.39 is 41.6 Å². The Hall–Kier alpha value is -3.49. The Labute approximate surface area is 178 Å². The summed E-state index contributed by atoms with van der Waals surface area (Å²) >= 11 is 0.